The molecular weight excluding hydrogens is 586 g/mol. The minimum Gasteiger partial charge on any atom is -0.508 e. The number of benzene rings is 2. The van der Waals surface area contributed by atoms with E-state index in [0.29, 0.717) is 5.56 Å². The Balaban J connectivity index is 1.39. The molecule has 14 nitrogen and oxygen atoms in total. The van der Waals surface area contributed by atoms with Crippen molar-refractivity contribution in [2.75, 3.05) is 12.4 Å². The number of fused-ring (bicyclic) bond motifs is 2. The van der Waals surface area contributed by atoms with Crippen LogP contribution < -0.4 is 16.1 Å². The summed E-state index contributed by atoms with van der Waals surface area (Å²) in [5, 5.41) is 33.5. The highest BCUT2D eigenvalue weighted by atomic mass is 32.2. The van der Waals surface area contributed by atoms with E-state index in [1.54, 1.807) is 30.3 Å². The summed E-state index contributed by atoms with van der Waals surface area (Å²) >= 11 is 1.17. The van der Waals surface area contributed by atoms with Crippen LogP contribution in [0, 0.1) is 0 Å². The number of aliphatic carboxylic acids is 1. The van der Waals surface area contributed by atoms with Crippen molar-refractivity contribution in [3.05, 3.63) is 81.3 Å². The smallest absolute Gasteiger partial charge is 0.352 e. The van der Waals surface area contributed by atoms with Crippen molar-refractivity contribution < 1.29 is 48.4 Å². The molecule has 222 valence electrons. The van der Waals surface area contributed by atoms with Gasteiger partial charge >= 0.3 is 11.9 Å². The maximum atomic E-state index is 13.5. The van der Waals surface area contributed by atoms with Gasteiger partial charge in [0.25, 0.3) is 11.8 Å². The molecule has 1 unspecified atom stereocenters. The number of hydrogen-bond donors (Lipinski definition) is 5. The van der Waals surface area contributed by atoms with E-state index in [9.17, 15) is 44.1 Å². The molecule has 3 amide bonds. The molecule has 1 saturated heterocycles. The number of nitrogens with one attached hydrogen (secondary N) is 2. The minimum atomic E-state index is -1.40. The number of thioether (sulfide) groups is 1. The number of carbonyl (C=O) groups is 5. The first-order valence-electron chi connectivity index (χ1n) is 12.6. The fraction of sp³-hybridized carbons (Fsp3) is 0.214. The number of carboxylic acids is 1. The summed E-state index contributed by atoms with van der Waals surface area (Å²) in [5.41, 5.74) is -1.43. The number of aromatic hydroxyl groups is 2. The van der Waals surface area contributed by atoms with Crippen molar-refractivity contribution in [3.63, 3.8) is 0 Å². The van der Waals surface area contributed by atoms with E-state index in [2.05, 4.69) is 10.6 Å². The van der Waals surface area contributed by atoms with Crippen LogP contribution >= 0.6 is 11.8 Å². The van der Waals surface area contributed by atoms with Crippen molar-refractivity contribution in [3.8, 4) is 11.5 Å². The molecule has 2 aromatic carbocycles. The molecule has 1 fully saturated rings. The third-order valence-electron chi connectivity index (χ3n) is 6.75. The topological polar surface area (TPSA) is 213 Å². The quantitative estimate of drug-likeness (QED) is 0.179. The van der Waals surface area contributed by atoms with Crippen LogP contribution in [0.5, 0.6) is 11.5 Å². The van der Waals surface area contributed by atoms with E-state index in [-0.39, 0.29) is 34.6 Å². The number of rotatable bonds is 8. The van der Waals surface area contributed by atoms with Crippen LogP contribution in [0.15, 0.2) is 69.2 Å². The standard InChI is InChI=1S/C28H23N3O11S/c1-12(32)41-9-14-11-43-27-20(26(38)31(27)21(14)28(39)40)30-25(37)19(13-5-3-2-4-6-13)29-24(36)17-10-42-23-16(22(17)35)7-15(33)8-18(23)34/h2-8,10,19-20,27,33-34H,9,11H2,1H3,(H,29,36)(H,30,37)(H,39,40)/t19?,20-,27+/m1/s1. The maximum Gasteiger partial charge on any atom is 0.352 e. The molecule has 5 rings (SSSR count). The Bertz CT molecular complexity index is 1770. The molecule has 0 saturated carbocycles. The third kappa shape index (κ3) is 5.49. The minimum absolute atomic E-state index is 0.122. The zero-order valence-electron chi connectivity index (χ0n) is 22.2. The summed E-state index contributed by atoms with van der Waals surface area (Å²) in [6.45, 7) is 0.867. The van der Waals surface area contributed by atoms with Gasteiger partial charge in [-0.25, -0.2) is 4.79 Å². The highest BCUT2D eigenvalue weighted by Crippen LogP contribution is 2.40. The van der Waals surface area contributed by atoms with E-state index >= 15 is 0 Å². The lowest BCUT2D eigenvalue weighted by molar-refractivity contribution is -0.151. The molecule has 3 atom stereocenters. The molecule has 0 spiro atoms. The normalized spacial score (nSPS) is 18.3. The molecule has 3 aromatic rings. The van der Waals surface area contributed by atoms with Gasteiger partial charge in [-0.05, 0) is 11.6 Å². The largest absolute Gasteiger partial charge is 0.508 e. The number of β-lactam (4-membered cyclic amide) rings is 1. The molecule has 0 bridgehead atoms. The molecule has 2 aliphatic heterocycles. The van der Waals surface area contributed by atoms with E-state index in [1.807, 2.05) is 0 Å². The molecule has 0 aliphatic carbocycles. The number of phenolic OH excluding ortho intramolecular Hbond substituents is 2. The average molecular weight is 610 g/mol. The van der Waals surface area contributed by atoms with Crippen molar-refractivity contribution in [2.24, 2.45) is 0 Å². The van der Waals surface area contributed by atoms with Crippen LogP contribution in [0.3, 0.4) is 0 Å². The molecule has 5 N–H and O–H groups in total. The molecule has 0 radical (unpaired) electrons. The predicted molar refractivity (Wildman–Crippen MR) is 149 cm³/mol. The summed E-state index contributed by atoms with van der Waals surface area (Å²) in [7, 11) is 0. The second-order valence-corrected chi connectivity index (χ2v) is 10.7. The summed E-state index contributed by atoms with van der Waals surface area (Å²) in [6, 6.07) is 7.43. The summed E-state index contributed by atoms with van der Waals surface area (Å²) in [4.78, 5) is 77.0. The second-order valence-electron chi connectivity index (χ2n) is 9.57. The van der Waals surface area contributed by atoms with Gasteiger partial charge in [-0.2, -0.15) is 0 Å². The number of amides is 3. The summed E-state index contributed by atoms with van der Waals surface area (Å²) in [6.07, 6.45) is 0.815. The first-order chi connectivity index (χ1) is 20.5. The molecule has 3 heterocycles. The molecule has 2 aliphatic rings. The fourth-order valence-electron chi connectivity index (χ4n) is 4.74. The van der Waals surface area contributed by atoms with Gasteiger partial charge in [-0.15, -0.1) is 11.8 Å². The van der Waals surface area contributed by atoms with Gasteiger partial charge in [0.15, 0.2) is 11.3 Å². The van der Waals surface area contributed by atoms with Crippen molar-refractivity contribution >= 4 is 52.4 Å². The van der Waals surface area contributed by atoms with Crippen molar-refractivity contribution in [1.82, 2.24) is 15.5 Å². The van der Waals surface area contributed by atoms with Gasteiger partial charge in [0.1, 0.15) is 47.3 Å². The van der Waals surface area contributed by atoms with Gasteiger partial charge in [0.2, 0.25) is 11.3 Å². The van der Waals surface area contributed by atoms with E-state index in [1.165, 1.54) is 18.7 Å². The van der Waals surface area contributed by atoms with Crippen LogP contribution in [0.2, 0.25) is 0 Å². The average Bonchev–Trinajstić information content (AvgIpc) is 2.97. The Hall–Kier alpha value is -5.31. The number of hydrogen-bond acceptors (Lipinski definition) is 11. The van der Waals surface area contributed by atoms with Crippen LogP contribution in [-0.4, -0.2) is 73.7 Å². The molecule has 43 heavy (non-hydrogen) atoms. The van der Waals surface area contributed by atoms with Gasteiger partial charge in [0.05, 0.1) is 5.39 Å². The monoisotopic (exact) mass is 609 g/mol. The number of phenols is 2. The second kappa shape index (κ2) is 11.5. The van der Waals surface area contributed by atoms with E-state index < -0.39 is 69.6 Å². The van der Waals surface area contributed by atoms with Crippen LogP contribution in [-0.2, 0) is 23.9 Å². The van der Waals surface area contributed by atoms with E-state index in [4.69, 9.17) is 9.15 Å². The Morgan fingerprint density at radius 1 is 1.14 bits per heavy atom. The third-order valence-corrected chi connectivity index (χ3v) is 8.09. The highest BCUT2D eigenvalue weighted by molar-refractivity contribution is 8.00. The van der Waals surface area contributed by atoms with Crippen LogP contribution in [0.4, 0.5) is 0 Å². The van der Waals surface area contributed by atoms with Gasteiger partial charge in [-0.3, -0.25) is 28.9 Å². The Labute approximate surface area is 245 Å². The Morgan fingerprint density at radius 3 is 2.53 bits per heavy atom. The summed E-state index contributed by atoms with van der Waals surface area (Å²) in [5.74, 6) is -5.37. The fourth-order valence-corrected chi connectivity index (χ4v) is 6.07. The SMILES string of the molecule is CC(=O)OCC1=C(C(=O)O)N2C(=O)[C@@H](NC(=O)C(NC(=O)c3coc4c(O)cc(O)cc4c3=O)c3ccccc3)[C@@H]2SC1. The lowest BCUT2D eigenvalue weighted by atomic mass is 10.0. The number of carbonyl (C=O) groups excluding carboxylic acids is 4. The first-order valence-corrected chi connectivity index (χ1v) is 13.7. The molecule has 1 aromatic heterocycles. The van der Waals surface area contributed by atoms with Gasteiger partial charge in [0, 0.05) is 24.3 Å². The number of ether oxygens (including phenoxy) is 1. The zero-order chi connectivity index (χ0) is 31.0. The highest BCUT2D eigenvalue weighted by Gasteiger charge is 2.54. The Morgan fingerprint density at radius 2 is 1.86 bits per heavy atom. The van der Waals surface area contributed by atoms with E-state index in [0.717, 1.165) is 23.3 Å². The number of carboxylic acid groups (broad SMARTS) is 1. The zero-order valence-corrected chi connectivity index (χ0v) is 23.0. The van der Waals surface area contributed by atoms with Crippen LogP contribution in [0.25, 0.3) is 11.0 Å². The van der Waals surface area contributed by atoms with Crippen molar-refractivity contribution in [2.45, 2.75) is 24.4 Å². The van der Waals surface area contributed by atoms with Gasteiger partial charge < -0.3 is 35.1 Å². The van der Waals surface area contributed by atoms with Gasteiger partial charge in [-0.1, -0.05) is 30.3 Å². The number of nitrogens with zero attached hydrogens (tertiary/aromatic N) is 1. The lowest BCUT2D eigenvalue weighted by Gasteiger charge is -2.49. The lowest BCUT2D eigenvalue weighted by Crippen LogP contribution is -2.71. The molecular formula is C28H23N3O11S. The first kappa shape index (κ1) is 29.2. The summed E-state index contributed by atoms with van der Waals surface area (Å²) < 4.78 is 10.2. The Kier molecular flexibility index (Phi) is 7.82. The maximum absolute atomic E-state index is 13.5. The number of esters is 1. The van der Waals surface area contributed by atoms with Crippen molar-refractivity contribution in [1.29, 1.82) is 0 Å². The molecule has 15 heteroatoms. The predicted octanol–water partition coefficient (Wildman–Crippen LogP) is 0.977. The van der Waals surface area contributed by atoms with Crippen LogP contribution in [0.1, 0.15) is 28.9 Å².